The van der Waals surface area contributed by atoms with E-state index in [1.807, 2.05) is 0 Å². The fourth-order valence-corrected chi connectivity index (χ4v) is 12.2. The maximum atomic E-state index is 13.6. The molecule has 0 saturated carbocycles. The van der Waals surface area contributed by atoms with Crippen molar-refractivity contribution in [1.82, 2.24) is 105 Å². The van der Waals surface area contributed by atoms with E-state index < -0.39 is 286 Å². The fourth-order valence-electron chi connectivity index (χ4n) is 12.2. The van der Waals surface area contributed by atoms with E-state index in [1.54, 1.807) is 0 Å². The van der Waals surface area contributed by atoms with Crippen LogP contribution in [0, 0.1) is 5.41 Å². The number of nitrogens with one attached hydrogen (secondary N) is 18. The van der Waals surface area contributed by atoms with E-state index in [-0.39, 0.29) is 96.5 Å². The Kier molecular flexibility index (Phi) is 43.7. The van der Waals surface area contributed by atoms with Crippen molar-refractivity contribution >= 4 is 136 Å². The zero-order valence-corrected chi connectivity index (χ0v) is 67.0. The predicted octanol–water partition coefficient (Wildman–Crippen LogP) is -14.3. The molecule has 3 aliphatic rings. The Hall–Kier alpha value is -12.5. The van der Waals surface area contributed by atoms with Crippen LogP contribution in [0.2, 0.25) is 0 Å². The number of nitrogens with zero attached hydrogens (tertiary/aromatic N) is 3. The van der Waals surface area contributed by atoms with Crippen LogP contribution in [0.4, 0.5) is 0 Å². The van der Waals surface area contributed by atoms with Crippen molar-refractivity contribution in [2.24, 2.45) is 17.2 Å². The van der Waals surface area contributed by atoms with E-state index >= 15 is 0 Å². The third-order valence-corrected chi connectivity index (χ3v) is 18.8. The Morgan fingerprint density at radius 1 is 0.392 bits per heavy atom. The number of guanidine groups is 1. The minimum absolute atomic E-state index is 0.0149. The number of aliphatic hydroxyl groups excluding tert-OH is 2. The number of amides is 19. The van der Waals surface area contributed by atoms with Gasteiger partial charge in [0.2, 0.25) is 112 Å². The van der Waals surface area contributed by atoms with Gasteiger partial charge in [0, 0.05) is 32.6 Å². The van der Waals surface area contributed by atoms with Crippen LogP contribution in [0.25, 0.3) is 0 Å². The van der Waals surface area contributed by atoms with Crippen molar-refractivity contribution < 1.29 is 131 Å². The van der Waals surface area contributed by atoms with Gasteiger partial charge in [-0.15, -0.1) is 0 Å². The van der Waals surface area contributed by atoms with Crippen LogP contribution in [0.3, 0.4) is 0 Å². The molecule has 120 heavy (non-hydrogen) atoms. The number of aliphatic hydroxyl groups is 2. The smallest absolute Gasteiger partial charge is 0.325 e. The molecule has 0 aromatic carbocycles. The lowest BCUT2D eigenvalue weighted by atomic mass is 10.1. The Bertz CT molecular complexity index is 3740. The van der Waals surface area contributed by atoms with Crippen LogP contribution < -0.4 is 108 Å². The normalized spacial score (nSPS) is 17.4. The van der Waals surface area contributed by atoms with Crippen molar-refractivity contribution in [2.75, 3.05) is 85.1 Å². The molecule has 670 valence electrons. The molecule has 3 rings (SSSR count). The number of nitrogens with two attached hydrogens (primary N) is 3. The van der Waals surface area contributed by atoms with Gasteiger partial charge in [-0.1, -0.05) is 0 Å². The summed E-state index contributed by atoms with van der Waals surface area (Å²) in [5.74, 6) is -22.1. The first-order valence-corrected chi connectivity index (χ1v) is 38.5. The summed E-state index contributed by atoms with van der Waals surface area (Å²) in [6.07, 6.45) is -1.92. The van der Waals surface area contributed by atoms with E-state index in [2.05, 4.69) is 90.4 Å². The number of unbranched alkanes of at least 4 members (excludes halogenated alkanes) is 1. The SMILES string of the molecule is C[C@H](NC(=O)CNC(=O)[C@H](CCCNC(=N)N)NC(=O)[C@H](C)NC(=O)CNC(=O)[C@@H](NC(=O)[C@@H]1CCCN1C(=O)CNC(=O)[C@H](C)NC(=O)[C@@H]1CCCN1C(=O)CNC(=O)[C@H](CO)NC(=O)[C@@H]1CCCN1C(=O)CNC(=O)[C@H](C)NC(=O)[C@H](CCC(=O)O)NC(=O)CNC(=O)[C@H](CCCCN)NC(=O)[C@H](CC(=O)O)NC(=O)CN)[C@@H](C)O)C(=O)O. The summed E-state index contributed by atoms with van der Waals surface area (Å²) in [5, 5.41) is 95.1. The zero-order chi connectivity index (χ0) is 90.2. The first-order chi connectivity index (χ1) is 56.5. The van der Waals surface area contributed by atoms with E-state index in [1.165, 1.54) is 27.7 Å². The van der Waals surface area contributed by atoms with Gasteiger partial charge >= 0.3 is 17.9 Å². The predicted molar refractivity (Wildman–Crippen MR) is 411 cm³/mol. The van der Waals surface area contributed by atoms with Crippen LogP contribution in [-0.4, -0.2) is 346 Å². The second-order valence-corrected chi connectivity index (χ2v) is 28.3. The lowest BCUT2D eigenvalue weighted by molar-refractivity contribution is -0.141. The summed E-state index contributed by atoms with van der Waals surface area (Å²) >= 11 is 0. The van der Waals surface area contributed by atoms with Crippen molar-refractivity contribution in [1.29, 1.82) is 5.41 Å². The highest BCUT2D eigenvalue weighted by Gasteiger charge is 2.41. The summed E-state index contributed by atoms with van der Waals surface area (Å²) in [6.45, 7) is 0.241. The molecule has 0 aromatic rings. The number of aliphatic carboxylic acids is 3. The Balaban J connectivity index is 1.49. The summed E-state index contributed by atoms with van der Waals surface area (Å²) < 4.78 is 0. The maximum absolute atomic E-state index is 13.6. The zero-order valence-electron chi connectivity index (χ0n) is 67.0. The topological polar surface area (TPSA) is 793 Å². The van der Waals surface area contributed by atoms with Gasteiger partial charge in [0.25, 0.3) is 0 Å². The molecule has 0 aliphatic carbocycles. The van der Waals surface area contributed by atoms with Crippen LogP contribution in [0.1, 0.15) is 125 Å². The number of carbonyl (C=O) groups excluding carboxylic acids is 19. The summed E-state index contributed by atoms with van der Waals surface area (Å²) in [7, 11) is 0. The van der Waals surface area contributed by atoms with Gasteiger partial charge in [0.05, 0.1) is 64.9 Å². The van der Waals surface area contributed by atoms with Gasteiger partial charge in [-0.3, -0.25) is 111 Å². The Morgan fingerprint density at radius 3 is 1.23 bits per heavy atom. The second-order valence-electron chi connectivity index (χ2n) is 28.3. The monoisotopic (exact) mass is 1710 g/mol. The summed E-state index contributed by atoms with van der Waals surface area (Å²) in [5.41, 5.74) is 16.1. The van der Waals surface area contributed by atoms with Crippen molar-refractivity contribution in [3.63, 3.8) is 0 Å². The minimum atomic E-state index is -1.70. The maximum Gasteiger partial charge on any atom is 0.325 e. The van der Waals surface area contributed by atoms with E-state index in [9.17, 15) is 126 Å². The largest absolute Gasteiger partial charge is 0.481 e. The average Bonchev–Trinajstić information content (AvgIpc) is 1.70. The molecule has 29 N–H and O–H groups in total. The van der Waals surface area contributed by atoms with Crippen LogP contribution in [0.15, 0.2) is 0 Å². The molecule has 0 aromatic heterocycles. The van der Waals surface area contributed by atoms with Crippen LogP contribution in [-0.2, 0) is 105 Å². The summed E-state index contributed by atoms with van der Waals surface area (Å²) in [4.78, 5) is 288. The van der Waals surface area contributed by atoms with Crippen LogP contribution in [0.5, 0.6) is 0 Å². The minimum Gasteiger partial charge on any atom is -0.481 e. The standard InChI is InChI=1S/C69H112N24O27/c1-33(83-62(113)40(17-18-53(103)104)85-49(99)28-76-59(110)38(12-6-7-19-70)88-63(114)41(24-54(105)106)86-46(96)25-71)56(107)78-29-50(100)92-22-10-15-44(92)65(116)89-42(32-94)61(112)80-31-52(102)91-21-9-14-43(91)64(115)84-34(2)57(108)79-30-51(101)93-23-11-16-45(93)66(117)90-55(37(5)95)67(118)77-27-47(97)81-35(3)58(109)87-39(13-8-20-74-69(72)73)60(111)75-26-48(98)82-36(4)68(119)120/h33-45,55,94-95H,6-32,70-71H2,1-5H3,(H,75,111)(H,76,110)(H,77,118)(H,78,107)(H,79,108)(H,80,112)(H,81,97)(H,82,98)(H,83,113)(H,84,115)(H,85,99)(H,86,96)(H,87,109)(H,88,114)(H,89,116)(H,90,117)(H,103,104)(H,105,106)(H,119,120)(H4,72,73,74)/t33-,34-,35-,36-,37+,38-,39-,40-,41-,42-,43-,44-,45-,55-/m0/s1. The lowest BCUT2D eigenvalue weighted by Crippen LogP contribution is -2.58. The van der Waals surface area contributed by atoms with Crippen molar-refractivity contribution in [2.45, 2.75) is 209 Å². The fraction of sp³-hybridized carbons (Fsp3) is 0.667. The van der Waals surface area contributed by atoms with Gasteiger partial charge in [-0.2, -0.15) is 0 Å². The highest BCUT2D eigenvalue weighted by molar-refractivity contribution is 6.01. The number of hydrogen-bond acceptors (Lipinski definition) is 27. The lowest BCUT2D eigenvalue weighted by Gasteiger charge is -2.28. The highest BCUT2D eigenvalue weighted by Crippen LogP contribution is 2.21. The Morgan fingerprint density at radius 2 is 0.783 bits per heavy atom. The number of carboxylic acid groups (broad SMARTS) is 3. The molecular weight excluding hydrogens is 1600 g/mol. The molecule has 3 saturated heterocycles. The molecular formula is C69H112N24O27. The third kappa shape index (κ3) is 35.3. The second kappa shape index (κ2) is 51.6. The molecule has 0 spiro atoms. The highest BCUT2D eigenvalue weighted by atomic mass is 16.4. The molecule has 0 bridgehead atoms. The average molecular weight is 1710 g/mol. The molecule has 3 heterocycles. The van der Waals surface area contributed by atoms with Gasteiger partial charge in [0.1, 0.15) is 78.5 Å². The van der Waals surface area contributed by atoms with Gasteiger partial charge in [-0.05, 0) is 118 Å². The van der Waals surface area contributed by atoms with Gasteiger partial charge < -0.3 is 148 Å². The van der Waals surface area contributed by atoms with Gasteiger partial charge in [0.15, 0.2) is 5.96 Å². The van der Waals surface area contributed by atoms with Gasteiger partial charge in [-0.25, -0.2) is 0 Å². The molecule has 14 atom stereocenters. The quantitative estimate of drug-likeness (QED) is 0.0153. The molecule has 0 radical (unpaired) electrons. The van der Waals surface area contributed by atoms with E-state index in [0.717, 1.165) is 21.6 Å². The third-order valence-electron chi connectivity index (χ3n) is 18.8. The molecule has 3 fully saturated rings. The number of carboxylic acids is 3. The van der Waals surface area contributed by atoms with Crippen molar-refractivity contribution in [3.05, 3.63) is 0 Å². The van der Waals surface area contributed by atoms with Crippen molar-refractivity contribution in [3.8, 4) is 0 Å². The summed E-state index contributed by atoms with van der Waals surface area (Å²) in [6, 6.07) is -18.4. The number of likely N-dealkylation sites (tertiary alicyclic amines) is 3. The number of hydrogen-bond donors (Lipinski definition) is 26. The molecule has 3 aliphatic heterocycles. The molecule has 0 unspecified atom stereocenters. The Labute approximate surface area is 686 Å². The molecule has 51 nitrogen and oxygen atoms in total. The van der Waals surface area contributed by atoms with E-state index in [4.69, 9.17) is 27.7 Å². The van der Waals surface area contributed by atoms with Crippen LogP contribution >= 0.6 is 0 Å². The van der Waals surface area contributed by atoms with E-state index in [0.29, 0.717) is 12.8 Å². The first kappa shape index (κ1) is 102. The molecule has 51 heteroatoms. The number of carbonyl (C=O) groups is 22. The number of rotatable bonds is 51. The first-order valence-electron chi connectivity index (χ1n) is 38.5. The molecule has 19 amide bonds.